The van der Waals surface area contributed by atoms with Crippen LogP contribution in [0.2, 0.25) is 0 Å². The summed E-state index contributed by atoms with van der Waals surface area (Å²) >= 11 is 0. The normalized spacial score (nSPS) is 22.7. The van der Waals surface area contributed by atoms with Crippen LogP contribution in [0.1, 0.15) is 31.5 Å². The third-order valence-corrected chi connectivity index (χ3v) is 6.40. The molecule has 0 radical (unpaired) electrons. The Morgan fingerprint density at radius 3 is 2.67 bits per heavy atom. The standard InChI is InChI=1S/C22H26F3N7O/c1-14-26-9-7-18(27-14)31-12-15-5-6-16(13-31)19(15)28-21-29-20-17(4-2-10-32(20)30-21)33-11-3-8-22(23,24)25/h2,4,7,9-10,15-16,19H,3,5-6,8,11-13H2,1H3,(H,28,30)/t15-,16+,19-. The summed E-state index contributed by atoms with van der Waals surface area (Å²) in [4.78, 5) is 15.7. The first kappa shape index (κ1) is 21.7. The smallest absolute Gasteiger partial charge is 0.389 e. The number of hydrogen-bond acceptors (Lipinski definition) is 7. The van der Waals surface area contributed by atoms with E-state index in [4.69, 9.17) is 4.74 Å². The number of piperidine rings is 1. The zero-order valence-electron chi connectivity index (χ0n) is 18.3. The molecule has 1 aliphatic heterocycles. The van der Waals surface area contributed by atoms with Gasteiger partial charge in [0.15, 0.2) is 11.4 Å². The molecule has 0 spiro atoms. The van der Waals surface area contributed by atoms with Crippen LogP contribution in [-0.2, 0) is 0 Å². The minimum atomic E-state index is -4.18. The van der Waals surface area contributed by atoms with Crippen LogP contribution < -0.4 is 15.0 Å². The first-order chi connectivity index (χ1) is 15.9. The van der Waals surface area contributed by atoms with Crippen molar-refractivity contribution in [3.05, 3.63) is 36.4 Å². The van der Waals surface area contributed by atoms with Crippen LogP contribution in [0.5, 0.6) is 5.75 Å². The van der Waals surface area contributed by atoms with Crippen molar-refractivity contribution in [2.24, 2.45) is 11.8 Å². The Labute approximate surface area is 189 Å². The Kier molecular flexibility index (Phi) is 5.71. The largest absolute Gasteiger partial charge is 0.490 e. The Hall–Kier alpha value is -3.11. The number of halogens is 3. The van der Waals surface area contributed by atoms with E-state index in [0.717, 1.165) is 37.6 Å². The summed E-state index contributed by atoms with van der Waals surface area (Å²) < 4.78 is 44.3. The Balaban J connectivity index is 1.25. The Morgan fingerprint density at radius 2 is 1.94 bits per heavy atom. The van der Waals surface area contributed by atoms with E-state index in [-0.39, 0.29) is 19.1 Å². The van der Waals surface area contributed by atoms with Crippen LogP contribution in [0.25, 0.3) is 5.65 Å². The van der Waals surface area contributed by atoms with Gasteiger partial charge in [-0.1, -0.05) is 0 Å². The first-order valence-corrected chi connectivity index (χ1v) is 11.2. The monoisotopic (exact) mass is 461 g/mol. The number of ether oxygens (including phenoxy) is 1. The van der Waals surface area contributed by atoms with Crippen LogP contribution in [0.15, 0.2) is 30.6 Å². The number of aromatic nitrogens is 5. The lowest BCUT2D eigenvalue weighted by Gasteiger charge is -2.38. The quantitative estimate of drug-likeness (QED) is 0.535. The molecule has 2 bridgehead atoms. The van der Waals surface area contributed by atoms with E-state index in [1.807, 2.05) is 13.0 Å². The highest BCUT2D eigenvalue weighted by molar-refractivity contribution is 5.56. The molecule has 3 aromatic rings. The van der Waals surface area contributed by atoms with Crippen molar-refractivity contribution in [2.45, 2.75) is 44.8 Å². The molecular weight excluding hydrogens is 435 g/mol. The lowest BCUT2D eigenvalue weighted by molar-refractivity contribution is -0.136. The number of hydrogen-bond donors (Lipinski definition) is 1. The van der Waals surface area contributed by atoms with Crippen molar-refractivity contribution in [1.29, 1.82) is 0 Å². The van der Waals surface area contributed by atoms with Gasteiger partial charge < -0.3 is 15.0 Å². The topological polar surface area (TPSA) is 80.5 Å². The highest BCUT2D eigenvalue weighted by atomic mass is 19.4. The molecule has 1 saturated carbocycles. The predicted molar refractivity (Wildman–Crippen MR) is 116 cm³/mol. The summed E-state index contributed by atoms with van der Waals surface area (Å²) in [5, 5.41) is 8.04. The number of aryl methyl sites for hydroxylation is 1. The SMILES string of the molecule is Cc1nccc(N2C[C@H]3CC[C@@H](C2)[C@@H]3Nc2nc3c(OCCCC(F)(F)F)cccn3n2)n1. The highest BCUT2D eigenvalue weighted by Gasteiger charge is 2.43. The number of alkyl halides is 3. The molecule has 0 aromatic carbocycles. The maximum absolute atomic E-state index is 12.4. The maximum Gasteiger partial charge on any atom is 0.389 e. The fraction of sp³-hybridized carbons (Fsp3) is 0.545. The second kappa shape index (κ2) is 8.68. The fourth-order valence-corrected chi connectivity index (χ4v) is 4.92. The molecule has 0 amide bonds. The van der Waals surface area contributed by atoms with Crippen LogP contribution in [0.3, 0.4) is 0 Å². The molecule has 2 fully saturated rings. The van der Waals surface area contributed by atoms with Crippen molar-refractivity contribution in [3.63, 3.8) is 0 Å². The van der Waals surface area contributed by atoms with Gasteiger partial charge in [0.25, 0.3) is 0 Å². The fourth-order valence-electron chi connectivity index (χ4n) is 4.92. The summed E-state index contributed by atoms with van der Waals surface area (Å²) in [6.07, 6.45) is 0.664. The summed E-state index contributed by atoms with van der Waals surface area (Å²) in [6.45, 7) is 3.69. The summed E-state index contributed by atoms with van der Waals surface area (Å²) in [6, 6.07) is 5.67. The summed E-state index contributed by atoms with van der Waals surface area (Å²) in [5.41, 5.74) is 0.494. The minimum absolute atomic E-state index is 0.0278. The van der Waals surface area contributed by atoms with Gasteiger partial charge in [0, 0.05) is 37.9 Å². The van der Waals surface area contributed by atoms with Gasteiger partial charge in [-0.25, -0.2) is 14.5 Å². The maximum atomic E-state index is 12.4. The van der Waals surface area contributed by atoms with Gasteiger partial charge in [-0.2, -0.15) is 18.2 Å². The van der Waals surface area contributed by atoms with Gasteiger partial charge in [0.1, 0.15) is 11.6 Å². The zero-order chi connectivity index (χ0) is 23.0. The van der Waals surface area contributed by atoms with Gasteiger partial charge in [0.05, 0.1) is 6.61 Å². The number of nitrogens with one attached hydrogen (secondary N) is 1. The lowest BCUT2D eigenvalue weighted by atomic mass is 9.92. The molecule has 5 rings (SSSR count). The highest BCUT2D eigenvalue weighted by Crippen LogP contribution is 2.39. The van der Waals surface area contributed by atoms with Crippen molar-refractivity contribution < 1.29 is 17.9 Å². The molecule has 176 valence electrons. The van der Waals surface area contributed by atoms with Crippen LogP contribution in [0, 0.1) is 18.8 Å². The van der Waals surface area contributed by atoms with E-state index >= 15 is 0 Å². The Morgan fingerprint density at radius 1 is 1.15 bits per heavy atom. The molecule has 11 heteroatoms. The molecule has 1 aliphatic carbocycles. The molecule has 8 nitrogen and oxygen atoms in total. The second-order valence-electron chi connectivity index (χ2n) is 8.78. The average molecular weight is 461 g/mol. The number of pyridine rings is 1. The number of anilines is 2. The van der Waals surface area contributed by atoms with Crippen LogP contribution in [-0.4, -0.2) is 56.5 Å². The van der Waals surface area contributed by atoms with E-state index in [2.05, 4.69) is 30.3 Å². The molecule has 4 heterocycles. The third kappa shape index (κ3) is 4.81. The van der Waals surface area contributed by atoms with Crippen LogP contribution in [0.4, 0.5) is 24.9 Å². The average Bonchev–Trinajstić information content (AvgIpc) is 3.27. The molecule has 1 N–H and O–H groups in total. The molecule has 0 unspecified atom stereocenters. The Bertz CT molecular complexity index is 1100. The number of nitrogens with zero attached hydrogens (tertiary/aromatic N) is 6. The molecular formula is C22H26F3N7O. The van der Waals surface area contributed by atoms with E-state index in [1.165, 1.54) is 0 Å². The number of rotatable bonds is 7. The van der Waals surface area contributed by atoms with E-state index in [1.54, 1.807) is 29.0 Å². The van der Waals surface area contributed by atoms with Crippen LogP contribution >= 0.6 is 0 Å². The van der Waals surface area contributed by atoms with Gasteiger partial charge >= 0.3 is 6.18 Å². The zero-order valence-corrected chi connectivity index (χ0v) is 18.3. The van der Waals surface area contributed by atoms with E-state index in [9.17, 15) is 13.2 Å². The van der Waals surface area contributed by atoms with Gasteiger partial charge in [0.2, 0.25) is 5.95 Å². The molecule has 2 aliphatic rings. The van der Waals surface area contributed by atoms with Gasteiger partial charge in [-0.3, -0.25) is 0 Å². The molecule has 3 atom stereocenters. The van der Waals surface area contributed by atoms with Crippen molar-refractivity contribution in [1.82, 2.24) is 24.6 Å². The van der Waals surface area contributed by atoms with Crippen molar-refractivity contribution in [3.8, 4) is 5.75 Å². The summed E-state index contributed by atoms with van der Waals surface area (Å²) in [5.74, 6) is 3.57. The first-order valence-electron chi connectivity index (χ1n) is 11.2. The van der Waals surface area contributed by atoms with Gasteiger partial charge in [-0.15, -0.1) is 5.10 Å². The molecule has 3 aromatic heterocycles. The molecule has 1 saturated heterocycles. The second-order valence-corrected chi connectivity index (χ2v) is 8.78. The summed E-state index contributed by atoms with van der Waals surface area (Å²) in [7, 11) is 0. The van der Waals surface area contributed by atoms with Crippen molar-refractivity contribution in [2.75, 3.05) is 29.9 Å². The van der Waals surface area contributed by atoms with E-state index < -0.39 is 12.6 Å². The number of fused-ring (bicyclic) bond motifs is 3. The third-order valence-electron chi connectivity index (χ3n) is 6.40. The van der Waals surface area contributed by atoms with E-state index in [0.29, 0.717) is 29.2 Å². The lowest BCUT2D eigenvalue weighted by Crippen LogP contribution is -2.48. The van der Waals surface area contributed by atoms with Crippen molar-refractivity contribution >= 4 is 17.4 Å². The molecule has 33 heavy (non-hydrogen) atoms. The van der Waals surface area contributed by atoms with Gasteiger partial charge in [-0.05, 0) is 56.2 Å². The predicted octanol–water partition coefficient (Wildman–Crippen LogP) is 3.88. The minimum Gasteiger partial charge on any atom is -0.490 e.